The van der Waals surface area contributed by atoms with Crippen LogP contribution in [0.1, 0.15) is 49.9 Å². The molecule has 0 saturated carbocycles. The number of amides is 1. The number of hydrogen-bond acceptors (Lipinski definition) is 10. The highest BCUT2D eigenvalue weighted by atomic mass is 32.2. The van der Waals surface area contributed by atoms with Crippen LogP contribution in [0, 0.1) is 11.3 Å². The van der Waals surface area contributed by atoms with Gasteiger partial charge in [-0.15, -0.1) is 0 Å². The maximum atomic E-state index is 12.7. The standard InChI is InChI=1S/C28H34N8O3S/c1-7-18-13-21(14-19-17-36(12-11-22(18)19)27(37)39-28(2,3)4)31-26-30-16-20(15-29)25(34-26)33-23-9-8-10-24(32-23)35-40(5,6)38/h8-10,13-14,16H,7,11-12,17H2,1-6H3,(H2,30,31,32,33,34). The van der Waals surface area contributed by atoms with Gasteiger partial charge >= 0.3 is 6.09 Å². The van der Waals surface area contributed by atoms with Crippen molar-refractivity contribution in [1.29, 1.82) is 5.26 Å². The van der Waals surface area contributed by atoms with Crippen molar-refractivity contribution in [3.8, 4) is 6.07 Å². The van der Waals surface area contributed by atoms with Gasteiger partial charge in [0.15, 0.2) is 11.6 Å². The van der Waals surface area contributed by atoms with Gasteiger partial charge in [0.1, 0.15) is 23.1 Å². The van der Waals surface area contributed by atoms with E-state index < -0.39 is 15.3 Å². The van der Waals surface area contributed by atoms with Crippen molar-refractivity contribution in [2.75, 3.05) is 29.7 Å². The molecule has 2 aromatic heterocycles. The van der Waals surface area contributed by atoms with Crippen LogP contribution in [0.2, 0.25) is 0 Å². The summed E-state index contributed by atoms with van der Waals surface area (Å²) >= 11 is 0. The lowest BCUT2D eigenvalue weighted by molar-refractivity contribution is 0.0223. The van der Waals surface area contributed by atoms with Crippen LogP contribution in [-0.2, 0) is 33.9 Å². The van der Waals surface area contributed by atoms with Crippen molar-refractivity contribution in [2.45, 2.75) is 52.7 Å². The predicted molar refractivity (Wildman–Crippen MR) is 156 cm³/mol. The third kappa shape index (κ3) is 7.45. The summed E-state index contributed by atoms with van der Waals surface area (Å²) in [7, 11) is -2.38. The van der Waals surface area contributed by atoms with Crippen LogP contribution in [0.25, 0.3) is 0 Å². The summed E-state index contributed by atoms with van der Waals surface area (Å²) in [5.74, 6) is 1.26. The Morgan fingerprint density at radius 2 is 2.00 bits per heavy atom. The zero-order valence-electron chi connectivity index (χ0n) is 23.6. The monoisotopic (exact) mass is 562 g/mol. The third-order valence-corrected chi connectivity index (χ3v) is 6.55. The topological polar surface area (TPSA) is 145 Å². The Hall–Kier alpha value is -4.24. The van der Waals surface area contributed by atoms with Gasteiger partial charge in [-0.3, -0.25) is 0 Å². The van der Waals surface area contributed by atoms with E-state index in [1.807, 2.05) is 26.8 Å². The quantitative estimate of drug-likeness (QED) is 0.401. The Kier molecular flexibility index (Phi) is 8.25. The van der Waals surface area contributed by atoms with Crippen molar-refractivity contribution >= 4 is 44.9 Å². The lowest BCUT2D eigenvalue weighted by atomic mass is 9.92. The normalized spacial score (nSPS) is 13.2. The summed E-state index contributed by atoms with van der Waals surface area (Å²) in [6, 6.07) is 11.2. The molecule has 3 heterocycles. The Labute approximate surface area is 235 Å². The highest BCUT2D eigenvalue weighted by Gasteiger charge is 2.27. The molecule has 0 aliphatic carbocycles. The van der Waals surface area contributed by atoms with Crippen LogP contribution in [0.4, 0.5) is 33.9 Å². The van der Waals surface area contributed by atoms with Crippen molar-refractivity contribution < 1.29 is 13.7 Å². The fraction of sp³-hybridized carbons (Fsp3) is 0.393. The largest absolute Gasteiger partial charge is 0.444 e. The lowest BCUT2D eigenvalue weighted by Gasteiger charge is -2.32. The van der Waals surface area contributed by atoms with Crippen LogP contribution in [0.15, 0.2) is 40.9 Å². The van der Waals surface area contributed by atoms with E-state index in [0.29, 0.717) is 24.7 Å². The summed E-state index contributed by atoms with van der Waals surface area (Å²) in [4.78, 5) is 27.6. The molecule has 12 heteroatoms. The van der Waals surface area contributed by atoms with Crippen molar-refractivity contribution in [2.24, 2.45) is 4.36 Å². The lowest BCUT2D eigenvalue weighted by Crippen LogP contribution is -2.40. The first-order valence-corrected chi connectivity index (χ1v) is 15.2. The summed E-state index contributed by atoms with van der Waals surface area (Å²) in [6.07, 6.45) is 5.75. The molecule has 0 saturated heterocycles. The average molecular weight is 563 g/mol. The molecule has 0 radical (unpaired) electrons. The molecular weight excluding hydrogens is 528 g/mol. The second-order valence-electron chi connectivity index (χ2n) is 10.7. The number of carbonyl (C=O) groups is 1. The van der Waals surface area contributed by atoms with Gasteiger partial charge in [0.05, 0.1) is 6.20 Å². The van der Waals surface area contributed by atoms with E-state index in [0.717, 1.165) is 24.1 Å². The Balaban J connectivity index is 1.60. The predicted octanol–water partition coefficient (Wildman–Crippen LogP) is 5.45. The molecule has 3 aromatic rings. The second kappa shape index (κ2) is 11.5. The van der Waals surface area contributed by atoms with Gasteiger partial charge in [-0.25, -0.2) is 19.0 Å². The minimum Gasteiger partial charge on any atom is -0.444 e. The first-order chi connectivity index (χ1) is 18.8. The Morgan fingerprint density at radius 3 is 2.67 bits per heavy atom. The van der Waals surface area contributed by atoms with Crippen LogP contribution < -0.4 is 10.6 Å². The van der Waals surface area contributed by atoms with Crippen molar-refractivity contribution in [3.63, 3.8) is 0 Å². The minimum atomic E-state index is -2.38. The summed E-state index contributed by atoms with van der Waals surface area (Å²) in [5, 5.41) is 15.9. The first-order valence-electron chi connectivity index (χ1n) is 12.9. The van der Waals surface area contributed by atoms with E-state index in [-0.39, 0.29) is 23.4 Å². The molecule has 2 N–H and O–H groups in total. The van der Waals surface area contributed by atoms with E-state index in [2.05, 4.69) is 49.0 Å². The molecule has 40 heavy (non-hydrogen) atoms. The number of hydrogen-bond donors (Lipinski definition) is 2. The maximum absolute atomic E-state index is 12.7. The second-order valence-corrected chi connectivity index (χ2v) is 13.3. The zero-order valence-corrected chi connectivity index (χ0v) is 24.4. The van der Waals surface area contributed by atoms with Crippen molar-refractivity contribution in [1.82, 2.24) is 19.9 Å². The number of fused-ring (bicyclic) bond motifs is 1. The van der Waals surface area contributed by atoms with Gasteiger partial charge in [-0.1, -0.05) is 13.0 Å². The Bertz CT molecular complexity index is 1590. The summed E-state index contributed by atoms with van der Waals surface area (Å²) in [5.41, 5.74) is 3.92. The SMILES string of the molecule is CCc1cc(Nc2ncc(C#N)c(Nc3cccc(N=S(C)(C)=O)n3)n2)cc2c1CCN(C(=O)OC(C)(C)C)C2. The molecule has 1 aliphatic rings. The molecule has 1 aliphatic heterocycles. The number of nitriles is 1. The van der Waals surface area contributed by atoms with E-state index in [1.165, 1.54) is 29.8 Å². The van der Waals surface area contributed by atoms with Gasteiger partial charge in [0.25, 0.3) is 0 Å². The molecule has 0 unspecified atom stereocenters. The van der Waals surface area contributed by atoms with Gasteiger partial charge in [0, 0.05) is 41.0 Å². The molecule has 4 rings (SSSR count). The van der Waals surface area contributed by atoms with Crippen LogP contribution in [0.3, 0.4) is 0 Å². The molecule has 1 aromatic carbocycles. The zero-order chi connectivity index (χ0) is 29.1. The average Bonchev–Trinajstić information content (AvgIpc) is 2.86. The fourth-order valence-corrected chi connectivity index (χ4v) is 4.85. The van der Waals surface area contributed by atoms with Gasteiger partial charge < -0.3 is 20.3 Å². The fourth-order valence-electron chi connectivity index (χ4n) is 4.30. The number of carbonyl (C=O) groups excluding carboxylic acids is 1. The molecule has 0 fully saturated rings. The molecule has 11 nitrogen and oxygen atoms in total. The minimum absolute atomic E-state index is 0.233. The summed E-state index contributed by atoms with van der Waals surface area (Å²) < 4.78 is 21.8. The Morgan fingerprint density at radius 1 is 1.23 bits per heavy atom. The number of rotatable bonds is 6. The number of ether oxygens (including phenoxy) is 1. The van der Waals surface area contributed by atoms with Gasteiger partial charge in [-0.05, 0) is 74.6 Å². The highest BCUT2D eigenvalue weighted by molar-refractivity contribution is 7.92. The van der Waals surface area contributed by atoms with Gasteiger partial charge in [-0.2, -0.15) is 14.6 Å². The first kappa shape index (κ1) is 28.8. The number of aromatic nitrogens is 3. The molecule has 0 bridgehead atoms. The smallest absolute Gasteiger partial charge is 0.410 e. The van der Waals surface area contributed by atoms with Crippen molar-refractivity contribution in [3.05, 3.63) is 58.8 Å². The number of pyridine rings is 1. The molecular formula is C28H34N8O3S. The summed E-state index contributed by atoms with van der Waals surface area (Å²) in [6.45, 7) is 8.72. The van der Waals surface area contributed by atoms with Crippen LogP contribution in [0.5, 0.6) is 0 Å². The number of benzene rings is 1. The molecule has 1 amide bonds. The number of nitrogens with zero attached hydrogens (tertiary/aromatic N) is 6. The molecule has 0 spiro atoms. The van der Waals surface area contributed by atoms with Crippen LogP contribution >= 0.6 is 0 Å². The van der Waals surface area contributed by atoms with E-state index in [9.17, 15) is 14.3 Å². The number of aryl methyl sites for hydroxylation is 1. The maximum Gasteiger partial charge on any atom is 0.410 e. The highest BCUT2D eigenvalue weighted by Crippen LogP contribution is 2.30. The van der Waals surface area contributed by atoms with Crippen LogP contribution in [-0.4, -0.2) is 54.8 Å². The number of anilines is 4. The molecule has 210 valence electrons. The number of nitrogens with one attached hydrogen (secondary N) is 2. The van der Waals surface area contributed by atoms with Gasteiger partial charge in [0.2, 0.25) is 5.95 Å². The van der Waals surface area contributed by atoms with E-state index in [1.54, 1.807) is 23.1 Å². The third-order valence-electron chi connectivity index (χ3n) is 5.92. The molecule has 0 atom stereocenters. The van der Waals surface area contributed by atoms with E-state index in [4.69, 9.17) is 4.74 Å². The van der Waals surface area contributed by atoms with E-state index >= 15 is 0 Å².